The number of amides is 1. The molecule has 0 aliphatic heterocycles. The first-order valence-electron chi connectivity index (χ1n) is 8.77. The molecule has 5 nitrogen and oxygen atoms in total. The van der Waals surface area contributed by atoms with Gasteiger partial charge in [-0.1, -0.05) is 52.5 Å². The van der Waals surface area contributed by atoms with Gasteiger partial charge in [0, 0.05) is 34.3 Å². The zero-order valence-electron chi connectivity index (χ0n) is 16.3. The van der Waals surface area contributed by atoms with Gasteiger partial charge < -0.3 is 15.7 Å². The molecule has 176 valence electrons. The van der Waals surface area contributed by atoms with E-state index in [-0.39, 0.29) is 38.1 Å². The van der Waals surface area contributed by atoms with Gasteiger partial charge in [-0.2, -0.15) is 13.2 Å². The van der Waals surface area contributed by atoms with Crippen molar-refractivity contribution in [2.75, 3.05) is 23.9 Å². The van der Waals surface area contributed by atoms with E-state index in [9.17, 15) is 27.3 Å². The zero-order valence-corrected chi connectivity index (χ0v) is 20.2. The molecule has 0 spiro atoms. The smallest absolute Gasteiger partial charge is 0.381 e. The Bertz CT molecular complexity index is 1020. The van der Waals surface area contributed by atoms with Crippen molar-refractivity contribution < 1.29 is 27.3 Å². The van der Waals surface area contributed by atoms with E-state index in [1.165, 1.54) is 24.5 Å². The zero-order chi connectivity index (χ0) is 24.3. The number of hydrogen-bond donors (Lipinski definition) is 3. The molecular formula is C19H17Cl4F3N2O3S. The van der Waals surface area contributed by atoms with Crippen LogP contribution < -0.4 is 10.6 Å². The van der Waals surface area contributed by atoms with Crippen LogP contribution in [0.25, 0.3) is 0 Å². The maximum atomic E-state index is 13.8. The predicted octanol–water partition coefficient (Wildman–Crippen LogP) is 5.16. The number of alkyl halides is 3. The van der Waals surface area contributed by atoms with Crippen LogP contribution in [0, 0.1) is 0 Å². The van der Waals surface area contributed by atoms with Gasteiger partial charge in [0.2, 0.25) is 11.5 Å². The number of carbonyl (C=O) groups excluding carboxylic acids is 1. The number of rotatable bonds is 8. The summed E-state index contributed by atoms with van der Waals surface area (Å²) in [6.45, 7) is -0.928. The van der Waals surface area contributed by atoms with Gasteiger partial charge in [-0.15, -0.1) is 0 Å². The average Bonchev–Trinajstić information content (AvgIpc) is 2.67. The molecule has 0 fully saturated rings. The third-order valence-corrected chi connectivity index (χ3v) is 6.56. The third-order valence-electron chi connectivity index (χ3n) is 4.34. The summed E-state index contributed by atoms with van der Waals surface area (Å²) >= 11 is 23.6. The van der Waals surface area contributed by atoms with Crippen LogP contribution >= 0.6 is 46.4 Å². The van der Waals surface area contributed by atoms with Crippen molar-refractivity contribution in [2.45, 2.75) is 18.3 Å². The molecule has 1 amide bonds. The van der Waals surface area contributed by atoms with E-state index in [0.717, 1.165) is 12.1 Å². The minimum Gasteiger partial charge on any atom is -0.381 e. The van der Waals surface area contributed by atoms with Crippen molar-refractivity contribution in [1.29, 1.82) is 0 Å². The van der Waals surface area contributed by atoms with Crippen LogP contribution in [0.3, 0.4) is 0 Å². The Hall–Kier alpha value is -1.23. The first-order chi connectivity index (χ1) is 14.7. The molecule has 0 aliphatic rings. The predicted molar refractivity (Wildman–Crippen MR) is 122 cm³/mol. The molecule has 2 atom stereocenters. The molecule has 2 aromatic carbocycles. The number of benzene rings is 2. The molecule has 2 rings (SSSR count). The maximum absolute atomic E-state index is 13.8. The Morgan fingerprint density at radius 3 is 2.16 bits per heavy atom. The summed E-state index contributed by atoms with van der Waals surface area (Å²) in [7, 11) is -1.30. The Morgan fingerprint density at radius 1 is 1.06 bits per heavy atom. The highest BCUT2D eigenvalue weighted by Crippen LogP contribution is 2.43. The number of halogens is 7. The lowest BCUT2D eigenvalue weighted by atomic mass is 9.92. The van der Waals surface area contributed by atoms with Crippen LogP contribution in [0.2, 0.25) is 20.1 Å². The van der Waals surface area contributed by atoms with E-state index in [4.69, 9.17) is 46.4 Å². The van der Waals surface area contributed by atoms with Crippen molar-refractivity contribution in [2.24, 2.45) is 0 Å². The topological polar surface area (TPSA) is 78.4 Å². The van der Waals surface area contributed by atoms with Gasteiger partial charge in [0.1, 0.15) is 5.75 Å². The Labute approximate surface area is 204 Å². The second-order valence-electron chi connectivity index (χ2n) is 6.77. The Morgan fingerprint density at radius 2 is 1.66 bits per heavy atom. The van der Waals surface area contributed by atoms with Gasteiger partial charge in [0.25, 0.3) is 0 Å². The summed E-state index contributed by atoms with van der Waals surface area (Å²) in [6, 6.07) is 6.07. The molecule has 3 N–H and O–H groups in total. The minimum absolute atomic E-state index is 0.0450. The molecule has 0 unspecified atom stereocenters. The second kappa shape index (κ2) is 10.8. The highest BCUT2D eigenvalue weighted by Gasteiger charge is 2.55. The van der Waals surface area contributed by atoms with Gasteiger partial charge >= 0.3 is 6.18 Å². The normalized spacial score (nSPS) is 14.5. The first kappa shape index (κ1) is 27.0. The van der Waals surface area contributed by atoms with Gasteiger partial charge in [-0.3, -0.25) is 9.00 Å². The number of hydrogen-bond acceptors (Lipinski definition) is 4. The van der Waals surface area contributed by atoms with Gasteiger partial charge in [0.05, 0.1) is 21.6 Å². The lowest BCUT2D eigenvalue weighted by Crippen LogP contribution is -2.47. The Balaban J connectivity index is 2.19. The molecule has 0 bridgehead atoms. The van der Waals surface area contributed by atoms with E-state index < -0.39 is 40.6 Å². The summed E-state index contributed by atoms with van der Waals surface area (Å²) in [6.07, 6.45) is -3.69. The molecule has 0 aromatic heterocycles. The van der Waals surface area contributed by atoms with Crippen molar-refractivity contribution in [3.05, 3.63) is 61.5 Å². The quantitative estimate of drug-likeness (QED) is 0.396. The van der Waals surface area contributed by atoms with Gasteiger partial charge in [-0.05, 0) is 35.4 Å². The van der Waals surface area contributed by atoms with E-state index >= 15 is 0 Å². The molecule has 0 heterocycles. The van der Waals surface area contributed by atoms with Crippen LogP contribution in [0.15, 0.2) is 30.3 Å². The molecule has 13 heteroatoms. The Kier molecular flexibility index (Phi) is 9.12. The summed E-state index contributed by atoms with van der Waals surface area (Å²) in [5.74, 6) is -0.592. The standard InChI is InChI=1S/C19H17Cl4F3N2O3S/c1-32(31)8-16(29)27-7-10-2-3-12(6-13(10)20)28-9-18(30,19(24,25)26)11-4-14(21)17(23)15(22)5-11/h2-6,28,30H,7-9H2,1H3,(H,27,29)/t18-,32-/m0/s1. The van der Waals surface area contributed by atoms with Gasteiger partial charge in [-0.25, -0.2) is 0 Å². The van der Waals surface area contributed by atoms with Crippen molar-refractivity contribution in [3.8, 4) is 0 Å². The molecule has 0 aliphatic carbocycles. The summed E-state index contributed by atoms with van der Waals surface area (Å²) in [5.41, 5.74) is -3.24. The fourth-order valence-corrected chi connectivity index (χ4v) is 3.94. The average molecular weight is 552 g/mol. The lowest BCUT2D eigenvalue weighted by molar-refractivity contribution is -0.260. The molecule has 2 aromatic rings. The molecule has 0 radical (unpaired) electrons. The number of carbonyl (C=O) groups is 1. The third kappa shape index (κ3) is 6.65. The molecular weight excluding hydrogens is 535 g/mol. The van der Waals surface area contributed by atoms with E-state index in [2.05, 4.69) is 10.6 Å². The fraction of sp³-hybridized carbons (Fsp3) is 0.316. The lowest BCUT2D eigenvalue weighted by Gasteiger charge is -2.32. The highest BCUT2D eigenvalue weighted by molar-refractivity contribution is 7.85. The van der Waals surface area contributed by atoms with Crippen molar-refractivity contribution in [3.63, 3.8) is 0 Å². The summed E-state index contributed by atoms with van der Waals surface area (Å²) < 4.78 is 52.4. The molecule has 0 saturated carbocycles. The van der Waals surface area contributed by atoms with E-state index in [1.807, 2.05) is 0 Å². The minimum atomic E-state index is -5.08. The van der Waals surface area contributed by atoms with Crippen LogP contribution in [-0.2, 0) is 27.7 Å². The molecule has 32 heavy (non-hydrogen) atoms. The van der Waals surface area contributed by atoms with Crippen LogP contribution in [0.1, 0.15) is 11.1 Å². The maximum Gasteiger partial charge on any atom is 0.423 e. The van der Waals surface area contributed by atoms with Crippen LogP contribution in [-0.4, -0.2) is 40.0 Å². The number of aliphatic hydroxyl groups is 1. The van der Waals surface area contributed by atoms with E-state index in [0.29, 0.717) is 5.56 Å². The van der Waals surface area contributed by atoms with E-state index in [1.54, 1.807) is 0 Å². The number of nitrogens with one attached hydrogen (secondary N) is 2. The first-order valence-corrected chi connectivity index (χ1v) is 12.0. The van der Waals surface area contributed by atoms with Crippen molar-refractivity contribution in [1.82, 2.24) is 5.32 Å². The van der Waals surface area contributed by atoms with Crippen LogP contribution in [0.5, 0.6) is 0 Å². The van der Waals surface area contributed by atoms with Gasteiger partial charge in [0.15, 0.2) is 0 Å². The SMILES string of the molecule is C[S@](=O)CC(=O)NCc1ccc(NC[C@](O)(c2cc(Cl)c(Cl)c(Cl)c2)C(F)(F)F)cc1Cl. The number of anilines is 1. The molecule has 0 saturated heterocycles. The second-order valence-corrected chi connectivity index (χ2v) is 9.80. The van der Waals surface area contributed by atoms with Crippen LogP contribution in [0.4, 0.5) is 18.9 Å². The highest BCUT2D eigenvalue weighted by atomic mass is 35.5. The fourth-order valence-electron chi connectivity index (χ4n) is 2.62. The summed E-state index contributed by atoms with van der Waals surface area (Å²) in [4.78, 5) is 11.6. The summed E-state index contributed by atoms with van der Waals surface area (Å²) in [5, 5.41) is 15.1. The van der Waals surface area contributed by atoms with Crippen molar-refractivity contribution >= 4 is 68.8 Å². The largest absolute Gasteiger partial charge is 0.423 e. The monoisotopic (exact) mass is 550 g/mol.